The van der Waals surface area contributed by atoms with Crippen molar-refractivity contribution in [3.05, 3.63) is 18.0 Å². The van der Waals surface area contributed by atoms with Crippen LogP contribution in [0.3, 0.4) is 0 Å². The number of rotatable bonds is 9. The molecule has 2 atom stereocenters. The molecule has 4 heteroatoms. The summed E-state index contributed by atoms with van der Waals surface area (Å²) in [7, 11) is 0. The summed E-state index contributed by atoms with van der Waals surface area (Å²) in [5, 5.41) is 8.08. The van der Waals surface area contributed by atoms with Crippen LogP contribution in [0.15, 0.2) is 12.3 Å². The van der Waals surface area contributed by atoms with Crippen LogP contribution in [0.5, 0.6) is 0 Å². The average Bonchev–Trinajstić information content (AvgIpc) is 2.83. The van der Waals surface area contributed by atoms with Crippen molar-refractivity contribution in [2.75, 3.05) is 19.8 Å². The van der Waals surface area contributed by atoms with Crippen molar-refractivity contribution in [1.29, 1.82) is 0 Å². The van der Waals surface area contributed by atoms with Crippen LogP contribution < -0.4 is 5.32 Å². The largest absolute Gasteiger partial charge is 0.380 e. The summed E-state index contributed by atoms with van der Waals surface area (Å²) >= 11 is 0. The van der Waals surface area contributed by atoms with E-state index in [-0.39, 0.29) is 0 Å². The minimum Gasteiger partial charge on any atom is -0.380 e. The Morgan fingerprint density at radius 3 is 2.78 bits per heavy atom. The minimum absolute atomic E-state index is 0.357. The van der Waals surface area contributed by atoms with Gasteiger partial charge in [-0.15, -0.1) is 0 Å². The second-order valence-corrected chi connectivity index (χ2v) is 4.66. The molecule has 0 aromatic carbocycles. The van der Waals surface area contributed by atoms with Gasteiger partial charge >= 0.3 is 0 Å². The Hall–Kier alpha value is -0.870. The molecule has 18 heavy (non-hydrogen) atoms. The van der Waals surface area contributed by atoms with Gasteiger partial charge in [0.05, 0.1) is 12.3 Å². The Morgan fingerprint density at radius 2 is 2.17 bits per heavy atom. The zero-order chi connectivity index (χ0) is 13.4. The first-order valence-electron chi connectivity index (χ1n) is 7.06. The molecule has 1 aromatic heterocycles. The Bertz CT molecular complexity index is 325. The molecule has 1 aromatic rings. The van der Waals surface area contributed by atoms with Crippen LogP contribution in [0.1, 0.15) is 45.9 Å². The van der Waals surface area contributed by atoms with Crippen molar-refractivity contribution in [3.8, 4) is 0 Å². The molecule has 0 saturated carbocycles. The number of nitrogens with zero attached hydrogens (tertiary/aromatic N) is 2. The van der Waals surface area contributed by atoms with Crippen LogP contribution >= 0.6 is 0 Å². The van der Waals surface area contributed by atoms with E-state index in [4.69, 9.17) is 4.74 Å². The van der Waals surface area contributed by atoms with Gasteiger partial charge in [0.15, 0.2) is 0 Å². The lowest BCUT2D eigenvalue weighted by atomic mass is 10.1. The molecule has 1 rings (SSSR count). The molecular formula is C14H27N3O. The number of hydrogen-bond donors (Lipinski definition) is 1. The van der Waals surface area contributed by atoms with Gasteiger partial charge in [0.2, 0.25) is 0 Å². The third kappa shape index (κ3) is 4.78. The van der Waals surface area contributed by atoms with E-state index >= 15 is 0 Å². The van der Waals surface area contributed by atoms with Crippen molar-refractivity contribution < 1.29 is 4.74 Å². The molecule has 0 aliphatic rings. The Labute approximate surface area is 111 Å². The topological polar surface area (TPSA) is 39.1 Å². The van der Waals surface area contributed by atoms with Crippen molar-refractivity contribution in [3.63, 3.8) is 0 Å². The first kappa shape index (κ1) is 15.2. The summed E-state index contributed by atoms with van der Waals surface area (Å²) in [6.07, 6.45) is 4.11. The molecule has 0 radical (unpaired) electrons. The molecule has 2 unspecified atom stereocenters. The van der Waals surface area contributed by atoms with E-state index in [2.05, 4.69) is 48.1 Å². The maximum absolute atomic E-state index is 5.50. The summed E-state index contributed by atoms with van der Waals surface area (Å²) in [4.78, 5) is 0. The van der Waals surface area contributed by atoms with Gasteiger partial charge in [-0.1, -0.05) is 13.8 Å². The maximum atomic E-state index is 5.50. The Morgan fingerprint density at radius 1 is 1.39 bits per heavy atom. The average molecular weight is 253 g/mol. The van der Waals surface area contributed by atoms with E-state index in [1.807, 2.05) is 6.92 Å². The minimum atomic E-state index is 0.357. The van der Waals surface area contributed by atoms with E-state index in [0.717, 1.165) is 38.3 Å². The van der Waals surface area contributed by atoms with Gasteiger partial charge in [0.1, 0.15) is 0 Å². The molecule has 0 aliphatic carbocycles. The second kappa shape index (κ2) is 8.27. The molecule has 0 bridgehead atoms. The zero-order valence-electron chi connectivity index (χ0n) is 12.1. The predicted octanol–water partition coefficient (Wildman–Crippen LogP) is 2.41. The second-order valence-electron chi connectivity index (χ2n) is 4.66. The van der Waals surface area contributed by atoms with Gasteiger partial charge in [0.25, 0.3) is 0 Å². The van der Waals surface area contributed by atoms with Gasteiger partial charge in [-0.05, 0) is 32.9 Å². The standard InChI is InChI=1S/C14H27N3O/c1-5-12(4)17-9-8-13(16-17)10-14(15-6-2)11-18-7-3/h8-9,12,14-15H,5-7,10-11H2,1-4H3. The quantitative estimate of drug-likeness (QED) is 0.734. The van der Waals surface area contributed by atoms with Gasteiger partial charge in [-0.25, -0.2) is 0 Å². The third-order valence-corrected chi connectivity index (χ3v) is 3.18. The van der Waals surface area contributed by atoms with E-state index < -0.39 is 0 Å². The van der Waals surface area contributed by atoms with E-state index in [1.165, 1.54) is 0 Å². The highest BCUT2D eigenvalue weighted by Gasteiger charge is 2.11. The predicted molar refractivity (Wildman–Crippen MR) is 74.9 cm³/mol. The lowest BCUT2D eigenvalue weighted by Gasteiger charge is -2.16. The molecule has 1 N–H and O–H groups in total. The highest BCUT2D eigenvalue weighted by atomic mass is 16.5. The van der Waals surface area contributed by atoms with Gasteiger partial charge < -0.3 is 10.1 Å². The molecule has 1 heterocycles. The van der Waals surface area contributed by atoms with Crippen molar-refractivity contribution in [1.82, 2.24) is 15.1 Å². The lowest BCUT2D eigenvalue weighted by Crippen LogP contribution is -2.35. The molecule has 4 nitrogen and oxygen atoms in total. The van der Waals surface area contributed by atoms with Crippen LogP contribution in [0.25, 0.3) is 0 Å². The summed E-state index contributed by atoms with van der Waals surface area (Å²) in [5.41, 5.74) is 1.14. The fourth-order valence-electron chi connectivity index (χ4n) is 1.91. The molecular weight excluding hydrogens is 226 g/mol. The first-order chi connectivity index (χ1) is 8.71. The maximum Gasteiger partial charge on any atom is 0.0641 e. The van der Waals surface area contributed by atoms with Crippen LogP contribution in [0.4, 0.5) is 0 Å². The molecule has 0 spiro atoms. The Kier molecular flexibility index (Phi) is 6.98. The first-order valence-corrected chi connectivity index (χ1v) is 7.06. The fourth-order valence-corrected chi connectivity index (χ4v) is 1.91. The number of ether oxygens (including phenoxy) is 1. The van der Waals surface area contributed by atoms with Gasteiger partial charge in [-0.3, -0.25) is 4.68 Å². The zero-order valence-corrected chi connectivity index (χ0v) is 12.1. The van der Waals surface area contributed by atoms with Crippen LogP contribution in [-0.2, 0) is 11.2 Å². The normalized spacial score (nSPS) is 14.7. The third-order valence-electron chi connectivity index (χ3n) is 3.18. The summed E-state index contributed by atoms with van der Waals surface area (Å²) in [5.74, 6) is 0. The highest BCUT2D eigenvalue weighted by molar-refractivity contribution is 5.02. The van der Waals surface area contributed by atoms with Crippen LogP contribution in [0, 0.1) is 0 Å². The number of aromatic nitrogens is 2. The molecule has 0 fully saturated rings. The van der Waals surface area contributed by atoms with Gasteiger partial charge in [0, 0.05) is 31.3 Å². The number of hydrogen-bond acceptors (Lipinski definition) is 3. The van der Waals surface area contributed by atoms with Crippen molar-refractivity contribution in [2.24, 2.45) is 0 Å². The van der Waals surface area contributed by atoms with E-state index in [0.29, 0.717) is 12.1 Å². The Balaban J connectivity index is 2.54. The molecule has 104 valence electrons. The van der Waals surface area contributed by atoms with Crippen LogP contribution in [0.2, 0.25) is 0 Å². The molecule has 0 aliphatic heterocycles. The van der Waals surface area contributed by atoms with Crippen molar-refractivity contribution in [2.45, 2.75) is 52.6 Å². The highest BCUT2D eigenvalue weighted by Crippen LogP contribution is 2.10. The molecule has 0 amide bonds. The smallest absolute Gasteiger partial charge is 0.0641 e. The van der Waals surface area contributed by atoms with Crippen molar-refractivity contribution >= 4 is 0 Å². The number of nitrogens with one attached hydrogen (secondary N) is 1. The summed E-state index contributed by atoms with van der Waals surface area (Å²) in [6.45, 7) is 11.0. The summed E-state index contributed by atoms with van der Waals surface area (Å²) < 4.78 is 7.55. The van der Waals surface area contributed by atoms with Gasteiger partial charge in [-0.2, -0.15) is 5.10 Å². The summed E-state index contributed by atoms with van der Waals surface area (Å²) in [6, 6.07) is 2.95. The number of likely N-dealkylation sites (N-methyl/N-ethyl adjacent to an activating group) is 1. The van der Waals surface area contributed by atoms with Crippen LogP contribution in [-0.4, -0.2) is 35.6 Å². The fraction of sp³-hybridized carbons (Fsp3) is 0.786. The van der Waals surface area contributed by atoms with E-state index in [9.17, 15) is 0 Å². The SMILES string of the molecule is CCNC(COCC)Cc1ccn(C(C)CC)n1. The molecule has 0 saturated heterocycles. The lowest BCUT2D eigenvalue weighted by molar-refractivity contribution is 0.123. The van der Waals surface area contributed by atoms with E-state index in [1.54, 1.807) is 0 Å². The monoisotopic (exact) mass is 253 g/mol.